The first-order valence-corrected chi connectivity index (χ1v) is 7.56. The molecule has 0 unspecified atom stereocenters. The van der Waals surface area contributed by atoms with Crippen molar-refractivity contribution < 1.29 is 4.74 Å². The van der Waals surface area contributed by atoms with E-state index in [4.69, 9.17) is 4.74 Å². The molecular formula is C14H23NOS. The van der Waals surface area contributed by atoms with Crippen LogP contribution in [0.3, 0.4) is 0 Å². The summed E-state index contributed by atoms with van der Waals surface area (Å²) in [5.41, 5.74) is 1.15. The van der Waals surface area contributed by atoms with Crippen LogP contribution >= 0.6 is 11.8 Å². The van der Waals surface area contributed by atoms with Crippen LogP contribution in [0.15, 0.2) is 24.3 Å². The fourth-order valence-corrected chi connectivity index (χ4v) is 2.10. The molecule has 0 fully saturated rings. The maximum absolute atomic E-state index is 5.60. The van der Waals surface area contributed by atoms with E-state index in [2.05, 4.69) is 31.3 Å². The Kier molecular flexibility index (Phi) is 7.72. The van der Waals surface area contributed by atoms with Crippen LogP contribution in [0.4, 0.5) is 5.69 Å². The Morgan fingerprint density at radius 2 is 2.18 bits per heavy atom. The van der Waals surface area contributed by atoms with Gasteiger partial charge in [-0.15, -0.1) is 0 Å². The van der Waals surface area contributed by atoms with E-state index in [9.17, 15) is 0 Å². The second-order valence-electron chi connectivity index (χ2n) is 3.85. The molecule has 1 rings (SSSR count). The van der Waals surface area contributed by atoms with Crippen LogP contribution in [-0.2, 0) is 0 Å². The summed E-state index contributed by atoms with van der Waals surface area (Å²) in [5, 5.41) is 3.43. The fourth-order valence-electron chi connectivity index (χ4n) is 1.47. The minimum atomic E-state index is 0.788. The molecule has 0 aliphatic rings. The van der Waals surface area contributed by atoms with E-state index in [1.165, 1.54) is 17.9 Å². The maximum Gasteiger partial charge on any atom is 0.121 e. The Balaban J connectivity index is 2.27. The average molecular weight is 253 g/mol. The zero-order valence-electron chi connectivity index (χ0n) is 10.9. The second-order valence-corrected chi connectivity index (χ2v) is 5.25. The Morgan fingerprint density at radius 3 is 2.94 bits per heavy atom. The third-order valence-corrected chi connectivity index (χ3v) is 3.29. The molecule has 1 aromatic carbocycles. The molecule has 96 valence electrons. The number of anilines is 1. The fraction of sp³-hybridized carbons (Fsp3) is 0.571. The third-order valence-electron chi connectivity index (χ3n) is 2.31. The second kappa shape index (κ2) is 9.23. The summed E-state index contributed by atoms with van der Waals surface area (Å²) in [6, 6.07) is 8.20. The van der Waals surface area contributed by atoms with Crippen LogP contribution in [-0.4, -0.2) is 24.7 Å². The van der Waals surface area contributed by atoms with Gasteiger partial charge in [0, 0.05) is 18.3 Å². The average Bonchev–Trinajstić information content (AvgIpc) is 2.37. The van der Waals surface area contributed by atoms with Crippen molar-refractivity contribution in [1.82, 2.24) is 0 Å². The quantitative estimate of drug-likeness (QED) is 0.671. The molecule has 0 atom stereocenters. The zero-order chi connectivity index (χ0) is 12.3. The van der Waals surface area contributed by atoms with Gasteiger partial charge in [0.15, 0.2) is 0 Å². The molecule has 0 aliphatic carbocycles. The van der Waals surface area contributed by atoms with Gasteiger partial charge in [0.25, 0.3) is 0 Å². The molecule has 0 radical (unpaired) electrons. The lowest BCUT2D eigenvalue weighted by atomic mass is 10.3. The van der Waals surface area contributed by atoms with E-state index >= 15 is 0 Å². The Labute approximate surface area is 109 Å². The standard InChI is InChI=1S/C14H23NOS/c1-3-10-16-14-8-5-7-13(12-14)15-9-6-11-17-4-2/h5,7-8,12,15H,3-4,6,9-11H2,1-2H3. The highest BCUT2D eigenvalue weighted by Gasteiger charge is 1.96. The first-order valence-electron chi connectivity index (χ1n) is 6.41. The number of ether oxygens (including phenoxy) is 1. The van der Waals surface area contributed by atoms with Crippen molar-refractivity contribution >= 4 is 17.4 Å². The number of nitrogens with one attached hydrogen (secondary N) is 1. The topological polar surface area (TPSA) is 21.3 Å². The van der Waals surface area contributed by atoms with Crippen LogP contribution in [0, 0.1) is 0 Å². The number of hydrogen-bond donors (Lipinski definition) is 1. The summed E-state index contributed by atoms with van der Waals surface area (Å²) in [4.78, 5) is 0. The van der Waals surface area contributed by atoms with Crippen molar-refractivity contribution in [3.8, 4) is 5.75 Å². The molecule has 1 aromatic rings. The Hall–Kier alpha value is -0.830. The van der Waals surface area contributed by atoms with Crippen molar-refractivity contribution in [3.05, 3.63) is 24.3 Å². The van der Waals surface area contributed by atoms with E-state index in [1.807, 2.05) is 23.9 Å². The molecule has 0 bridgehead atoms. The zero-order valence-corrected chi connectivity index (χ0v) is 11.7. The third kappa shape index (κ3) is 6.47. The highest BCUT2D eigenvalue weighted by Crippen LogP contribution is 2.17. The van der Waals surface area contributed by atoms with E-state index in [0.717, 1.165) is 31.0 Å². The van der Waals surface area contributed by atoms with Gasteiger partial charge in [0.05, 0.1) is 6.61 Å². The van der Waals surface area contributed by atoms with E-state index < -0.39 is 0 Å². The van der Waals surface area contributed by atoms with Gasteiger partial charge in [0.1, 0.15) is 5.75 Å². The van der Waals surface area contributed by atoms with E-state index in [-0.39, 0.29) is 0 Å². The van der Waals surface area contributed by atoms with Gasteiger partial charge in [-0.25, -0.2) is 0 Å². The van der Waals surface area contributed by atoms with Crippen LogP contribution in [0.1, 0.15) is 26.7 Å². The molecule has 17 heavy (non-hydrogen) atoms. The number of thioether (sulfide) groups is 1. The van der Waals surface area contributed by atoms with Crippen molar-refractivity contribution in [2.75, 3.05) is 30.0 Å². The molecule has 0 saturated carbocycles. The van der Waals surface area contributed by atoms with Crippen molar-refractivity contribution in [3.63, 3.8) is 0 Å². The highest BCUT2D eigenvalue weighted by molar-refractivity contribution is 7.99. The first kappa shape index (κ1) is 14.2. The minimum absolute atomic E-state index is 0.788. The normalized spacial score (nSPS) is 10.2. The van der Waals surface area contributed by atoms with Gasteiger partial charge in [-0.2, -0.15) is 11.8 Å². The van der Waals surface area contributed by atoms with Gasteiger partial charge in [-0.1, -0.05) is 19.9 Å². The lowest BCUT2D eigenvalue weighted by Crippen LogP contribution is -2.03. The highest BCUT2D eigenvalue weighted by atomic mass is 32.2. The first-order chi connectivity index (χ1) is 8.36. The predicted molar refractivity (Wildman–Crippen MR) is 78.3 cm³/mol. The molecule has 0 saturated heterocycles. The Morgan fingerprint density at radius 1 is 1.29 bits per heavy atom. The largest absolute Gasteiger partial charge is 0.494 e. The van der Waals surface area contributed by atoms with Gasteiger partial charge in [-0.05, 0) is 36.5 Å². The minimum Gasteiger partial charge on any atom is -0.494 e. The van der Waals surface area contributed by atoms with Gasteiger partial charge in [0.2, 0.25) is 0 Å². The van der Waals surface area contributed by atoms with E-state index in [0.29, 0.717) is 0 Å². The number of rotatable bonds is 9. The molecular weight excluding hydrogens is 230 g/mol. The lowest BCUT2D eigenvalue weighted by molar-refractivity contribution is 0.317. The van der Waals surface area contributed by atoms with Crippen molar-refractivity contribution in [1.29, 1.82) is 0 Å². The molecule has 0 amide bonds. The summed E-state index contributed by atoms with van der Waals surface area (Å²) < 4.78 is 5.60. The van der Waals surface area contributed by atoms with Gasteiger partial charge >= 0.3 is 0 Å². The SMILES string of the molecule is CCCOc1cccc(NCCCSCC)c1. The molecule has 3 heteroatoms. The lowest BCUT2D eigenvalue weighted by Gasteiger charge is -2.09. The Bertz CT molecular complexity index is 304. The molecule has 1 N–H and O–H groups in total. The summed E-state index contributed by atoms with van der Waals surface area (Å²) in [5.74, 6) is 3.40. The smallest absolute Gasteiger partial charge is 0.121 e. The molecule has 2 nitrogen and oxygen atoms in total. The summed E-state index contributed by atoms with van der Waals surface area (Å²) in [6.45, 7) is 6.14. The summed E-state index contributed by atoms with van der Waals surface area (Å²) in [7, 11) is 0. The summed E-state index contributed by atoms with van der Waals surface area (Å²) in [6.07, 6.45) is 2.25. The van der Waals surface area contributed by atoms with E-state index in [1.54, 1.807) is 0 Å². The maximum atomic E-state index is 5.60. The van der Waals surface area contributed by atoms with Crippen LogP contribution in [0.2, 0.25) is 0 Å². The monoisotopic (exact) mass is 253 g/mol. The predicted octanol–water partition coefficient (Wildman–Crippen LogP) is 4.03. The molecule has 0 spiro atoms. The van der Waals surface area contributed by atoms with Gasteiger partial charge in [-0.3, -0.25) is 0 Å². The number of benzene rings is 1. The number of hydrogen-bond acceptors (Lipinski definition) is 3. The van der Waals surface area contributed by atoms with Crippen molar-refractivity contribution in [2.45, 2.75) is 26.7 Å². The van der Waals surface area contributed by atoms with Crippen LogP contribution < -0.4 is 10.1 Å². The molecule has 0 aliphatic heterocycles. The molecule has 0 heterocycles. The van der Waals surface area contributed by atoms with Crippen molar-refractivity contribution in [2.24, 2.45) is 0 Å². The van der Waals surface area contributed by atoms with Gasteiger partial charge < -0.3 is 10.1 Å². The molecule has 0 aromatic heterocycles. The summed E-state index contributed by atoms with van der Waals surface area (Å²) >= 11 is 1.99. The van der Waals surface area contributed by atoms with Crippen LogP contribution in [0.5, 0.6) is 5.75 Å². The van der Waals surface area contributed by atoms with Crippen LogP contribution in [0.25, 0.3) is 0 Å².